The highest BCUT2D eigenvalue weighted by Crippen LogP contribution is 2.24. The Kier molecular flexibility index (Phi) is 9.22. The van der Waals surface area contributed by atoms with Crippen LogP contribution in [0.25, 0.3) is 16.6 Å². The first-order chi connectivity index (χ1) is 16.9. The van der Waals surface area contributed by atoms with Gasteiger partial charge in [0.1, 0.15) is 12.4 Å². The fraction of sp³-hybridized carbons (Fsp3) is 0.360. The average Bonchev–Trinajstić information content (AvgIpc) is 2.86. The Morgan fingerprint density at radius 1 is 1.17 bits per heavy atom. The van der Waals surface area contributed by atoms with Crippen LogP contribution in [-0.4, -0.2) is 59.9 Å². The first-order valence-corrected chi connectivity index (χ1v) is 11.7. The number of nitrogens with one attached hydrogen (secondary N) is 1. The molecule has 35 heavy (non-hydrogen) atoms. The van der Waals surface area contributed by atoms with Crippen LogP contribution in [0.15, 0.2) is 53.3 Å². The number of fused-ring (bicyclic) bond motifs is 1. The van der Waals surface area contributed by atoms with E-state index in [1.165, 1.54) is 9.47 Å². The maximum Gasteiger partial charge on any atom is 0.325 e. The molecule has 2 aromatic carbocycles. The van der Waals surface area contributed by atoms with Crippen LogP contribution in [0.1, 0.15) is 32.1 Å². The van der Waals surface area contributed by atoms with E-state index in [0.29, 0.717) is 47.0 Å². The van der Waals surface area contributed by atoms with Gasteiger partial charge in [0.15, 0.2) is 0 Å². The molecule has 3 aromatic rings. The molecule has 186 valence electrons. The Bertz CT molecular complexity index is 1230. The quantitative estimate of drug-likeness (QED) is 0.336. The standard InChI is InChI=1S/C25H29ClN4O5/c1-4-35-22(31)16-27-25(33)29(14-7-15-34-3)17(2)23-28-21-9-6-5-8-20(21)24(32)30(23)19-12-10-18(26)11-13-19/h5-6,8-13,17H,4,7,14-16H2,1-3H3,(H,27,33). The lowest BCUT2D eigenvalue weighted by atomic mass is 10.2. The van der Waals surface area contributed by atoms with Gasteiger partial charge in [-0.05, 0) is 56.7 Å². The second-order valence-electron chi connectivity index (χ2n) is 7.78. The van der Waals surface area contributed by atoms with Crippen LogP contribution >= 0.6 is 11.6 Å². The van der Waals surface area contributed by atoms with Crippen LogP contribution in [0.3, 0.4) is 0 Å². The second-order valence-corrected chi connectivity index (χ2v) is 8.22. The van der Waals surface area contributed by atoms with Crippen molar-refractivity contribution in [2.75, 3.05) is 33.4 Å². The summed E-state index contributed by atoms with van der Waals surface area (Å²) in [4.78, 5) is 44.8. The third-order valence-corrected chi connectivity index (χ3v) is 5.68. The van der Waals surface area contributed by atoms with E-state index in [9.17, 15) is 14.4 Å². The summed E-state index contributed by atoms with van der Waals surface area (Å²) in [6.07, 6.45) is 0.548. The van der Waals surface area contributed by atoms with E-state index < -0.39 is 18.0 Å². The van der Waals surface area contributed by atoms with E-state index in [4.69, 9.17) is 26.1 Å². The Labute approximate surface area is 208 Å². The molecule has 2 amide bonds. The summed E-state index contributed by atoms with van der Waals surface area (Å²) >= 11 is 6.07. The Morgan fingerprint density at radius 2 is 1.89 bits per heavy atom. The molecule has 1 N–H and O–H groups in total. The molecule has 10 heteroatoms. The Hall–Kier alpha value is -3.43. The van der Waals surface area contributed by atoms with Crippen LogP contribution in [0.5, 0.6) is 0 Å². The summed E-state index contributed by atoms with van der Waals surface area (Å²) in [5.74, 6) is -0.160. The lowest BCUT2D eigenvalue weighted by Gasteiger charge is -2.30. The fourth-order valence-corrected chi connectivity index (χ4v) is 3.85. The number of rotatable bonds is 10. The minimum atomic E-state index is -0.623. The Balaban J connectivity index is 2.07. The normalized spacial score (nSPS) is 11.8. The van der Waals surface area contributed by atoms with E-state index in [2.05, 4.69) is 5.32 Å². The molecule has 0 saturated heterocycles. The number of hydrogen-bond acceptors (Lipinski definition) is 6. The van der Waals surface area contributed by atoms with Gasteiger partial charge in [-0.3, -0.25) is 14.2 Å². The van der Waals surface area contributed by atoms with Crippen molar-refractivity contribution in [3.8, 4) is 5.69 Å². The second kappa shape index (κ2) is 12.3. The summed E-state index contributed by atoms with van der Waals surface area (Å²) in [6.45, 7) is 4.18. The molecular weight excluding hydrogens is 472 g/mol. The van der Waals surface area contributed by atoms with Crippen molar-refractivity contribution in [3.05, 3.63) is 69.7 Å². The SMILES string of the molecule is CCOC(=O)CNC(=O)N(CCCOC)C(C)c1nc2ccccc2c(=O)n1-c1ccc(Cl)cc1. The molecular formula is C25H29ClN4O5. The predicted octanol–water partition coefficient (Wildman–Crippen LogP) is 3.71. The van der Waals surface area contributed by atoms with Crippen LogP contribution in [0.2, 0.25) is 5.02 Å². The molecule has 0 aliphatic carbocycles. The van der Waals surface area contributed by atoms with Crippen LogP contribution in [0, 0.1) is 0 Å². The van der Waals surface area contributed by atoms with E-state index in [-0.39, 0.29) is 18.7 Å². The molecule has 1 atom stereocenters. The first-order valence-electron chi connectivity index (χ1n) is 11.3. The summed E-state index contributed by atoms with van der Waals surface area (Å²) in [5.41, 5.74) is 0.833. The largest absolute Gasteiger partial charge is 0.465 e. The summed E-state index contributed by atoms with van der Waals surface area (Å²) in [6, 6.07) is 12.8. The minimum Gasteiger partial charge on any atom is -0.465 e. The van der Waals surface area contributed by atoms with Crippen molar-refractivity contribution in [1.29, 1.82) is 0 Å². The van der Waals surface area contributed by atoms with Gasteiger partial charge in [-0.2, -0.15) is 0 Å². The third kappa shape index (κ3) is 6.37. The van der Waals surface area contributed by atoms with Gasteiger partial charge in [0.25, 0.3) is 5.56 Å². The number of aromatic nitrogens is 2. The van der Waals surface area contributed by atoms with Crippen LogP contribution < -0.4 is 10.9 Å². The molecule has 9 nitrogen and oxygen atoms in total. The molecule has 0 spiro atoms. The number of urea groups is 1. The third-order valence-electron chi connectivity index (χ3n) is 5.43. The average molecular weight is 501 g/mol. The minimum absolute atomic E-state index is 0.219. The predicted molar refractivity (Wildman–Crippen MR) is 134 cm³/mol. The smallest absolute Gasteiger partial charge is 0.325 e. The number of esters is 1. The number of ether oxygens (including phenoxy) is 2. The number of hydrogen-bond donors (Lipinski definition) is 1. The topological polar surface area (TPSA) is 103 Å². The number of amides is 2. The van der Waals surface area contributed by atoms with E-state index >= 15 is 0 Å². The van der Waals surface area contributed by atoms with Crippen LogP contribution in [0.4, 0.5) is 4.79 Å². The van der Waals surface area contributed by atoms with Crippen molar-refractivity contribution >= 4 is 34.5 Å². The maximum absolute atomic E-state index is 13.6. The highest BCUT2D eigenvalue weighted by Gasteiger charge is 2.27. The van der Waals surface area contributed by atoms with Crippen molar-refractivity contribution < 1.29 is 19.1 Å². The molecule has 1 aromatic heterocycles. The number of para-hydroxylation sites is 1. The molecule has 3 rings (SSSR count). The molecule has 0 saturated carbocycles. The number of carbonyl (C=O) groups excluding carboxylic acids is 2. The fourth-order valence-electron chi connectivity index (χ4n) is 3.72. The number of methoxy groups -OCH3 is 1. The summed E-state index contributed by atoms with van der Waals surface area (Å²) in [5, 5.41) is 3.59. The lowest BCUT2D eigenvalue weighted by molar-refractivity contribution is -0.141. The first kappa shape index (κ1) is 26.2. The zero-order valence-electron chi connectivity index (χ0n) is 20.0. The molecule has 1 unspecified atom stereocenters. The zero-order chi connectivity index (χ0) is 25.4. The van der Waals surface area contributed by atoms with Crippen LogP contribution in [-0.2, 0) is 14.3 Å². The summed E-state index contributed by atoms with van der Waals surface area (Å²) in [7, 11) is 1.58. The number of carbonyl (C=O) groups is 2. The molecule has 0 aliphatic rings. The van der Waals surface area contributed by atoms with Crippen molar-refractivity contribution in [2.45, 2.75) is 26.3 Å². The van der Waals surface area contributed by atoms with Gasteiger partial charge in [-0.25, -0.2) is 9.78 Å². The van der Waals surface area contributed by atoms with Gasteiger partial charge in [-0.15, -0.1) is 0 Å². The lowest BCUT2D eigenvalue weighted by Crippen LogP contribution is -2.45. The molecule has 0 radical (unpaired) electrons. The molecule has 0 fully saturated rings. The maximum atomic E-state index is 13.6. The van der Waals surface area contributed by atoms with Gasteiger partial charge >= 0.3 is 12.0 Å². The van der Waals surface area contributed by atoms with Crippen molar-refractivity contribution in [2.24, 2.45) is 0 Å². The Morgan fingerprint density at radius 3 is 2.57 bits per heavy atom. The zero-order valence-corrected chi connectivity index (χ0v) is 20.7. The highest BCUT2D eigenvalue weighted by molar-refractivity contribution is 6.30. The number of nitrogens with zero attached hydrogens (tertiary/aromatic N) is 3. The monoisotopic (exact) mass is 500 g/mol. The van der Waals surface area contributed by atoms with E-state index in [0.717, 1.165) is 0 Å². The van der Waals surface area contributed by atoms with E-state index in [1.54, 1.807) is 69.5 Å². The molecule has 0 aliphatic heterocycles. The van der Waals surface area contributed by atoms with Gasteiger partial charge in [-0.1, -0.05) is 23.7 Å². The molecule has 0 bridgehead atoms. The van der Waals surface area contributed by atoms with Gasteiger partial charge < -0.3 is 19.7 Å². The van der Waals surface area contributed by atoms with Crippen molar-refractivity contribution in [1.82, 2.24) is 19.8 Å². The number of halogens is 1. The van der Waals surface area contributed by atoms with Crippen molar-refractivity contribution in [3.63, 3.8) is 0 Å². The van der Waals surface area contributed by atoms with Gasteiger partial charge in [0.05, 0.1) is 29.2 Å². The number of benzene rings is 2. The highest BCUT2D eigenvalue weighted by atomic mass is 35.5. The van der Waals surface area contributed by atoms with Gasteiger partial charge in [0.2, 0.25) is 0 Å². The van der Waals surface area contributed by atoms with Gasteiger partial charge in [0, 0.05) is 25.3 Å². The summed E-state index contributed by atoms with van der Waals surface area (Å²) < 4.78 is 11.5. The molecule has 1 heterocycles. The van der Waals surface area contributed by atoms with E-state index in [1.807, 2.05) is 0 Å².